The van der Waals surface area contributed by atoms with Gasteiger partial charge in [0, 0.05) is 11.4 Å². The maximum Gasteiger partial charge on any atom is 0.0897 e. The van der Waals surface area contributed by atoms with Gasteiger partial charge in [-0.3, -0.25) is 9.97 Å². The van der Waals surface area contributed by atoms with Gasteiger partial charge in [0.25, 0.3) is 0 Å². The summed E-state index contributed by atoms with van der Waals surface area (Å²) in [4.78, 5) is 14.1. The van der Waals surface area contributed by atoms with Gasteiger partial charge < -0.3 is 0 Å². The SMILES string of the molecule is Cc1cc(C)nc(-c2cc(C)cc(-c3cc(C)cc(C)n3)n2)c1. The summed E-state index contributed by atoms with van der Waals surface area (Å²) in [5.41, 5.74) is 9.19. The number of nitrogens with zero attached hydrogens (tertiary/aromatic N) is 3. The fraction of sp³-hybridized carbons (Fsp3) is 0.250. The topological polar surface area (TPSA) is 38.7 Å². The Morgan fingerprint density at radius 1 is 0.435 bits per heavy atom. The van der Waals surface area contributed by atoms with Crippen molar-refractivity contribution in [3.63, 3.8) is 0 Å². The summed E-state index contributed by atoms with van der Waals surface area (Å²) in [7, 11) is 0. The van der Waals surface area contributed by atoms with E-state index in [4.69, 9.17) is 4.98 Å². The van der Waals surface area contributed by atoms with Crippen LogP contribution >= 0.6 is 0 Å². The number of aromatic nitrogens is 3. The molecule has 3 heteroatoms. The van der Waals surface area contributed by atoms with Crippen LogP contribution in [0.25, 0.3) is 22.8 Å². The lowest BCUT2D eigenvalue weighted by molar-refractivity contribution is 1.13. The molecule has 0 amide bonds. The molecule has 3 heterocycles. The largest absolute Gasteiger partial charge is 0.251 e. The highest BCUT2D eigenvalue weighted by atomic mass is 14.8. The molecule has 0 unspecified atom stereocenters. The number of rotatable bonds is 2. The number of pyridine rings is 3. The minimum absolute atomic E-state index is 0.896. The molecule has 0 fully saturated rings. The van der Waals surface area contributed by atoms with Crippen molar-refractivity contribution in [2.75, 3.05) is 0 Å². The molecule has 0 saturated heterocycles. The molecule has 0 aliphatic carbocycles. The second-order valence-electron chi connectivity index (χ2n) is 6.26. The van der Waals surface area contributed by atoms with Crippen LogP contribution in [-0.4, -0.2) is 15.0 Å². The van der Waals surface area contributed by atoms with E-state index in [1.165, 1.54) is 11.1 Å². The Bertz CT molecular complexity index is 772. The first kappa shape index (κ1) is 15.3. The number of hydrogen-bond acceptors (Lipinski definition) is 3. The molecular weight excluding hydrogens is 282 g/mol. The molecule has 0 aromatic carbocycles. The third kappa shape index (κ3) is 3.45. The Morgan fingerprint density at radius 3 is 1.09 bits per heavy atom. The van der Waals surface area contributed by atoms with Crippen molar-refractivity contribution >= 4 is 0 Å². The van der Waals surface area contributed by atoms with Crippen LogP contribution in [0.5, 0.6) is 0 Å². The quantitative estimate of drug-likeness (QED) is 0.686. The summed E-state index contributed by atoms with van der Waals surface area (Å²) < 4.78 is 0. The molecule has 3 nitrogen and oxygen atoms in total. The summed E-state index contributed by atoms with van der Waals surface area (Å²) in [6, 6.07) is 12.5. The van der Waals surface area contributed by atoms with E-state index < -0.39 is 0 Å². The monoisotopic (exact) mass is 303 g/mol. The van der Waals surface area contributed by atoms with Crippen molar-refractivity contribution < 1.29 is 0 Å². The molecule has 0 aliphatic heterocycles. The van der Waals surface area contributed by atoms with E-state index in [0.29, 0.717) is 0 Å². The van der Waals surface area contributed by atoms with Gasteiger partial charge in [-0.05, 0) is 87.7 Å². The fourth-order valence-corrected chi connectivity index (χ4v) is 2.87. The van der Waals surface area contributed by atoms with Crippen molar-refractivity contribution in [2.24, 2.45) is 0 Å². The van der Waals surface area contributed by atoms with Gasteiger partial charge in [-0.15, -0.1) is 0 Å². The summed E-state index contributed by atoms with van der Waals surface area (Å²) in [6.07, 6.45) is 0. The van der Waals surface area contributed by atoms with Gasteiger partial charge in [0.15, 0.2) is 0 Å². The smallest absolute Gasteiger partial charge is 0.0897 e. The molecule has 0 atom stereocenters. The van der Waals surface area contributed by atoms with Crippen LogP contribution in [0.3, 0.4) is 0 Å². The molecule has 3 aromatic heterocycles. The predicted molar refractivity (Wildman–Crippen MR) is 94.4 cm³/mol. The first-order valence-corrected chi connectivity index (χ1v) is 7.81. The van der Waals surface area contributed by atoms with Gasteiger partial charge in [0.2, 0.25) is 0 Å². The fourth-order valence-electron chi connectivity index (χ4n) is 2.87. The second-order valence-corrected chi connectivity index (χ2v) is 6.26. The van der Waals surface area contributed by atoms with Crippen LogP contribution in [0.4, 0.5) is 0 Å². The molecule has 116 valence electrons. The van der Waals surface area contributed by atoms with E-state index in [-0.39, 0.29) is 0 Å². The summed E-state index contributed by atoms with van der Waals surface area (Å²) >= 11 is 0. The van der Waals surface area contributed by atoms with Crippen molar-refractivity contribution in [2.45, 2.75) is 34.6 Å². The Balaban J connectivity index is 2.16. The zero-order valence-corrected chi connectivity index (χ0v) is 14.3. The number of aryl methyl sites for hydroxylation is 5. The zero-order valence-electron chi connectivity index (χ0n) is 14.3. The molecule has 0 aliphatic rings. The maximum atomic E-state index is 4.81. The molecule has 0 bridgehead atoms. The van der Waals surface area contributed by atoms with Crippen molar-refractivity contribution in [1.29, 1.82) is 0 Å². The molecule has 23 heavy (non-hydrogen) atoms. The summed E-state index contributed by atoms with van der Waals surface area (Å²) in [5.74, 6) is 0. The molecule has 0 radical (unpaired) electrons. The lowest BCUT2D eigenvalue weighted by Gasteiger charge is -2.09. The highest BCUT2D eigenvalue weighted by molar-refractivity contribution is 5.64. The molecular formula is C20H21N3. The third-order valence-electron chi connectivity index (χ3n) is 3.69. The maximum absolute atomic E-state index is 4.81. The van der Waals surface area contributed by atoms with Crippen LogP contribution < -0.4 is 0 Å². The molecule has 3 aromatic rings. The van der Waals surface area contributed by atoms with E-state index in [2.05, 4.69) is 67.1 Å². The van der Waals surface area contributed by atoms with Gasteiger partial charge >= 0.3 is 0 Å². The predicted octanol–water partition coefficient (Wildman–Crippen LogP) is 4.75. The molecule has 3 rings (SSSR count). The summed E-state index contributed by atoms with van der Waals surface area (Å²) in [5, 5.41) is 0. The van der Waals surface area contributed by atoms with Gasteiger partial charge in [-0.25, -0.2) is 4.98 Å². The van der Waals surface area contributed by atoms with E-state index in [1.54, 1.807) is 0 Å². The van der Waals surface area contributed by atoms with Gasteiger partial charge in [-0.1, -0.05) is 0 Å². The Labute approximate surface area is 137 Å². The van der Waals surface area contributed by atoms with Crippen LogP contribution in [0, 0.1) is 34.6 Å². The van der Waals surface area contributed by atoms with E-state index in [9.17, 15) is 0 Å². The molecule has 0 saturated carbocycles. The van der Waals surface area contributed by atoms with Crippen LogP contribution in [0.15, 0.2) is 36.4 Å². The van der Waals surface area contributed by atoms with E-state index in [0.717, 1.165) is 39.7 Å². The highest BCUT2D eigenvalue weighted by Crippen LogP contribution is 2.24. The second kappa shape index (κ2) is 5.92. The normalized spacial score (nSPS) is 10.8. The third-order valence-corrected chi connectivity index (χ3v) is 3.69. The average Bonchev–Trinajstić information content (AvgIpc) is 2.44. The van der Waals surface area contributed by atoms with Crippen LogP contribution in [-0.2, 0) is 0 Å². The van der Waals surface area contributed by atoms with Crippen LogP contribution in [0.1, 0.15) is 28.1 Å². The zero-order chi connectivity index (χ0) is 16.6. The lowest BCUT2D eigenvalue weighted by atomic mass is 10.1. The number of hydrogen-bond donors (Lipinski definition) is 0. The van der Waals surface area contributed by atoms with Gasteiger partial charge in [0.1, 0.15) is 0 Å². The van der Waals surface area contributed by atoms with Crippen molar-refractivity contribution in [3.8, 4) is 22.8 Å². The van der Waals surface area contributed by atoms with Gasteiger partial charge in [-0.2, -0.15) is 0 Å². The molecule has 0 N–H and O–H groups in total. The average molecular weight is 303 g/mol. The Hall–Kier alpha value is -2.55. The highest BCUT2D eigenvalue weighted by Gasteiger charge is 2.09. The molecule has 0 spiro atoms. The Morgan fingerprint density at radius 2 is 0.739 bits per heavy atom. The van der Waals surface area contributed by atoms with Crippen molar-refractivity contribution in [3.05, 3.63) is 64.5 Å². The Kier molecular flexibility index (Phi) is 3.95. The minimum Gasteiger partial charge on any atom is -0.251 e. The van der Waals surface area contributed by atoms with Gasteiger partial charge in [0.05, 0.1) is 22.8 Å². The lowest BCUT2D eigenvalue weighted by Crippen LogP contribution is -1.96. The van der Waals surface area contributed by atoms with Crippen molar-refractivity contribution in [1.82, 2.24) is 15.0 Å². The standard InChI is InChI=1S/C20H21N3/c1-12-6-15(4)21-17(8-12)19-10-14(3)11-20(23-19)18-9-13(2)7-16(5)22-18/h6-11H,1-5H3. The van der Waals surface area contributed by atoms with E-state index in [1.807, 2.05) is 13.8 Å². The van der Waals surface area contributed by atoms with E-state index >= 15 is 0 Å². The first-order valence-electron chi connectivity index (χ1n) is 7.81. The summed E-state index contributed by atoms with van der Waals surface area (Å²) in [6.45, 7) is 10.3. The first-order chi connectivity index (χ1) is 10.9. The van der Waals surface area contributed by atoms with Crippen LogP contribution in [0.2, 0.25) is 0 Å². The minimum atomic E-state index is 0.896.